The molecule has 0 bridgehead atoms. The molecule has 3 rings (SSSR count). The van der Waals surface area contributed by atoms with Crippen molar-refractivity contribution in [1.82, 2.24) is 8.94 Å². The van der Waals surface area contributed by atoms with E-state index in [-0.39, 0.29) is 4.87 Å². The van der Waals surface area contributed by atoms with Crippen LogP contribution in [0.15, 0.2) is 53.3 Å². The molecule has 0 unspecified atom stereocenters. The molecule has 0 aliphatic carbocycles. The average Bonchev–Trinajstić information content (AvgIpc) is 2.82. The van der Waals surface area contributed by atoms with Gasteiger partial charge in [0.1, 0.15) is 0 Å². The van der Waals surface area contributed by atoms with Crippen LogP contribution in [0.3, 0.4) is 0 Å². The SMILES string of the molecule is Cc1cccc(-n2c(Nc3ccc(Cl)cc3)nsc2=O)c1. The van der Waals surface area contributed by atoms with Crippen LogP contribution >= 0.6 is 23.1 Å². The van der Waals surface area contributed by atoms with Crippen molar-refractivity contribution in [3.05, 3.63) is 68.8 Å². The first kappa shape index (κ1) is 13.9. The zero-order valence-corrected chi connectivity index (χ0v) is 12.8. The van der Waals surface area contributed by atoms with E-state index in [4.69, 9.17) is 11.6 Å². The van der Waals surface area contributed by atoms with Crippen molar-refractivity contribution in [3.63, 3.8) is 0 Å². The number of halogens is 1. The number of hydrogen-bond acceptors (Lipinski definition) is 4. The van der Waals surface area contributed by atoms with Gasteiger partial charge in [0.25, 0.3) is 0 Å². The molecule has 0 aliphatic rings. The summed E-state index contributed by atoms with van der Waals surface area (Å²) in [6, 6.07) is 15.0. The van der Waals surface area contributed by atoms with Gasteiger partial charge >= 0.3 is 4.87 Å². The molecular weight excluding hydrogens is 306 g/mol. The van der Waals surface area contributed by atoms with E-state index in [1.165, 1.54) is 0 Å². The third-order valence-corrected chi connectivity index (χ3v) is 3.82. The standard InChI is InChI=1S/C15H12ClN3OS/c1-10-3-2-4-13(9-10)19-14(18-21-15(19)20)17-12-7-5-11(16)6-8-12/h2-9H,1H3,(H,17,18). The third-order valence-electron chi connectivity index (χ3n) is 2.96. The molecule has 0 radical (unpaired) electrons. The molecule has 0 aliphatic heterocycles. The van der Waals surface area contributed by atoms with Crippen LogP contribution in [-0.4, -0.2) is 8.94 Å². The van der Waals surface area contributed by atoms with Crippen molar-refractivity contribution >= 4 is 34.8 Å². The lowest BCUT2D eigenvalue weighted by molar-refractivity contribution is 1.02. The Bertz CT molecular complexity index is 823. The number of anilines is 2. The lowest BCUT2D eigenvalue weighted by Gasteiger charge is -2.09. The van der Waals surface area contributed by atoms with Crippen LogP contribution in [0.25, 0.3) is 5.69 Å². The summed E-state index contributed by atoms with van der Waals surface area (Å²) in [5.74, 6) is 0.498. The quantitative estimate of drug-likeness (QED) is 0.794. The molecule has 1 N–H and O–H groups in total. The van der Waals surface area contributed by atoms with Crippen molar-refractivity contribution in [2.45, 2.75) is 6.92 Å². The van der Waals surface area contributed by atoms with Crippen molar-refractivity contribution in [2.75, 3.05) is 5.32 Å². The minimum atomic E-state index is -0.128. The minimum Gasteiger partial charge on any atom is -0.324 e. The Kier molecular flexibility index (Phi) is 3.77. The van der Waals surface area contributed by atoms with Crippen LogP contribution < -0.4 is 10.2 Å². The second-order valence-electron chi connectivity index (χ2n) is 4.58. The Morgan fingerprint density at radius 1 is 1.19 bits per heavy atom. The van der Waals surface area contributed by atoms with E-state index in [1.54, 1.807) is 16.7 Å². The highest BCUT2D eigenvalue weighted by Gasteiger charge is 2.11. The number of rotatable bonds is 3. The van der Waals surface area contributed by atoms with E-state index in [2.05, 4.69) is 9.69 Å². The molecule has 0 atom stereocenters. The van der Waals surface area contributed by atoms with Gasteiger partial charge in [-0.05, 0) is 48.9 Å². The highest BCUT2D eigenvalue weighted by molar-refractivity contribution is 7.03. The van der Waals surface area contributed by atoms with Crippen molar-refractivity contribution in [1.29, 1.82) is 0 Å². The summed E-state index contributed by atoms with van der Waals surface area (Å²) in [4.78, 5) is 11.9. The van der Waals surface area contributed by atoms with Gasteiger partial charge in [-0.2, -0.15) is 4.37 Å². The molecule has 21 heavy (non-hydrogen) atoms. The van der Waals surface area contributed by atoms with Crippen LogP contribution in [-0.2, 0) is 0 Å². The predicted octanol–water partition coefficient (Wildman–Crippen LogP) is 4.00. The van der Waals surface area contributed by atoms with Gasteiger partial charge in [-0.25, -0.2) is 4.57 Å². The first-order chi connectivity index (χ1) is 10.1. The van der Waals surface area contributed by atoms with Gasteiger partial charge in [-0.1, -0.05) is 23.7 Å². The maximum absolute atomic E-state index is 12.1. The van der Waals surface area contributed by atoms with Crippen LogP contribution in [0.5, 0.6) is 0 Å². The largest absolute Gasteiger partial charge is 0.332 e. The summed E-state index contributed by atoms with van der Waals surface area (Å²) >= 11 is 6.79. The molecular formula is C15H12ClN3OS. The van der Waals surface area contributed by atoms with Gasteiger partial charge in [-0.3, -0.25) is 4.79 Å². The fraction of sp³-hybridized carbons (Fsp3) is 0.0667. The Balaban J connectivity index is 2.01. The summed E-state index contributed by atoms with van der Waals surface area (Å²) in [6.07, 6.45) is 0. The second kappa shape index (κ2) is 5.71. The minimum absolute atomic E-state index is 0.128. The maximum atomic E-state index is 12.1. The Hall–Kier alpha value is -2.11. The molecule has 1 heterocycles. The average molecular weight is 318 g/mol. The Morgan fingerprint density at radius 2 is 1.95 bits per heavy atom. The number of nitrogens with zero attached hydrogens (tertiary/aromatic N) is 2. The van der Waals surface area contributed by atoms with Crippen LogP contribution in [0.4, 0.5) is 11.6 Å². The molecule has 0 amide bonds. The number of benzene rings is 2. The summed E-state index contributed by atoms with van der Waals surface area (Å²) in [5, 5.41) is 3.80. The third kappa shape index (κ3) is 2.99. The van der Waals surface area contributed by atoms with Crippen LogP contribution in [0, 0.1) is 6.92 Å². The van der Waals surface area contributed by atoms with Crippen molar-refractivity contribution < 1.29 is 0 Å². The highest BCUT2D eigenvalue weighted by atomic mass is 35.5. The highest BCUT2D eigenvalue weighted by Crippen LogP contribution is 2.20. The first-order valence-corrected chi connectivity index (χ1v) is 7.47. The van der Waals surface area contributed by atoms with Gasteiger partial charge < -0.3 is 5.32 Å². The van der Waals surface area contributed by atoms with E-state index in [9.17, 15) is 4.79 Å². The van der Waals surface area contributed by atoms with E-state index in [0.29, 0.717) is 11.0 Å². The molecule has 6 heteroatoms. The van der Waals surface area contributed by atoms with Gasteiger partial charge in [0.2, 0.25) is 5.95 Å². The fourth-order valence-electron chi connectivity index (χ4n) is 1.99. The summed E-state index contributed by atoms with van der Waals surface area (Å²) in [6.45, 7) is 1.99. The Morgan fingerprint density at radius 3 is 2.67 bits per heavy atom. The first-order valence-electron chi connectivity index (χ1n) is 6.32. The normalized spacial score (nSPS) is 10.6. The van der Waals surface area contributed by atoms with Gasteiger partial charge in [0.15, 0.2) is 0 Å². The lowest BCUT2D eigenvalue weighted by atomic mass is 10.2. The number of aryl methyl sites for hydroxylation is 1. The molecule has 4 nitrogen and oxygen atoms in total. The molecule has 0 fully saturated rings. The van der Waals surface area contributed by atoms with Gasteiger partial charge in [-0.15, -0.1) is 0 Å². The molecule has 106 valence electrons. The lowest BCUT2D eigenvalue weighted by Crippen LogP contribution is -2.13. The molecule has 0 saturated heterocycles. The maximum Gasteiger partial charge on any atom is 0.332 e. The van der Waals surface area contributed by atoms with E-state index in [0.717, 1.165) is 28.5 Å². The zero-order chi connectivity index (χ0) is 14.8. The van der Waals surface area contributed by atoms with Crippen LogP contribution in [0.1, 0.15) is 5.56 Å². The smallest absolute Gasteiger partial charge is 0.324 e. The van der Waals surface area contributed by atoms with E-state index in [1.807, 2.05) is 43.3 Å². The van der Waals surface area contributed by atoms with Crippen LogP contribution in [0.2, 0.25) is 5.02 Å². The molecule has 3 aromatic rings. The number of nitrogens with one attached hydrogen (secondary N) is 1. The fourth-order valence-corrected chi connectivity index (χ4v) is 2.68. The molecule has 0 saturated carbocycles. The molecule has 1 aromatic heterocycles. The number of hydrogen-bond donors (Lipinski definition) is 1. The Labute approximate surface area is 130 Å². The van der Waals surface area contributed by atoms with Crippen molar-refractivity contribution in [3.8, 4) is 5.69 Å². The summed E-state index contributed by atoms with van der Waals surface area (Å²) in [7, 11) is 0. The molecule has 0 spiro atoms. The topological polar surface area (TPSA) is 46.9 Å². The summed E-state index contributed by atoms with van der Waals surface area (Å²) < 4.78 is 5.75. The zero-order valence-electron chi connectivity index (χ0n) is 11.2. The van der Waals surface area contributed by atoms with E-state index < -0.39 is 0 Å². The van der Waals surface area contributed by atoms with E-state index >= 15 is 0 Å². The van der Waals surface area contributed by atoms with Gasteiger partial charge in [0, 0.05) is 22.2 Å². The van der Waals surface area contributed by atoms with Crippen molar-refractivity contribution in [2.24, 2.45) is 0 Å². The van der Waals surface area contributed by atoms with Gasteiger partial charge in [0.05, 0.1) is 5.69 Å². The number of aromatic nitrogens is 2. The summed E-state index contributed by atoms with van der Waals surface area (Å²) in [5.41, 5.74) is 2.71. The molecule has 2 aromatic carbocycles. The monoisotopic (exact) mass is 317 g/mol. The predicted molar refractivity (Wildman–Crippen MR) is 87.2 cm³/mol. The second-order valence-corrected chi connectivity index (χ2v) is 5.73.